The second kappa shape index (κ2) is 8.60. The molecule has 0 aromatic heterocycles. The third-order valence-corrected chi connectivity index (χ3v) is 6.66. The molecule has 0 radical (unpaired) electrons. The highest BCUT2D eigenvalue weighted by Crippen LogP contribution is 2.36. The highest BCUT2D eigenvalue weighted by molar-refractivity contribution is 5.96. The maximum Gasteiger partial charge on any atom is 0.325 e. The minimum atomic E-state index is -0.159. The van der Waals surface area contributed by atoms with Crippen molar-refractivity contribution < 1.29 is 28.5 Å². The van der Waals surface area contributed by atoms with Crippen molar-refractivity contribution in [3.8, 4) is 23.0 Å². The van der Waals surface area contributed by atoms with Crippen molar-refractivity contribution >= 4 is 17.6 Å². The lowest BCUT2D eigenvalue weighted by Gasteiger charge is -2.35. The number of hydrogen-bond acceptors (Lipinski definition) is 7. The van der Waals surface area contributed by atoms with Gasteiger partial charge in [-0.3, -0.25) is 14.6 Å². The van der Waals surface area contributed by atoms with E-state index in [9.17, 15) is 9.59 Å². The summed E-state index contributed by atoms with van der Waals surface area (Å²) in [4.78, 5) is 33.3. The van der Waals surface area contributed by atoms with Crippen LogP contribution in [0.3, 0.4) is 0 Å². The van der Waals surface area contributed by atoms with E-state index in [1.165, 1.54) is 0 Å². The van der Waals surface area contributed by atoms with Crippen LogP contribution in [0.1, 0.15) is 5.56 Å². The lowest BCUT2D eigenvalue weighted by molar-refractivity contribution is -0.133. The highest BCUT2D eigenvalue weighted by Gasteiger charge is 2.33. The zero-order valence-corrected chi connectivity index (χ0v) is 18.8. The molecule has 2 saturated heterocycles. The van der Waals surface area contributed by atoms with Crippen molar-refractivity contribution in [1.29, 1.82) is 0 Å². The number of benzene rings is 2. The number of ether oxygens (including phenoxy) is 4. The minimum Gasteiger partial charge on any atom is -0.454 e. The van der Waals surface area contributed by atoms with Crippen LogP contribution in [0, 0.1) is 0 Å². The largest absolute Gasteiger partial charge is 0.454 e. The van der Waals surface area contributed by atoms with Gasteiger partial charge in [-0.25, -0.2) is 4.79 Å². The summed E-state index contributed by atoms with van der Waals surface area (Å²) >= 11 is 0. The Balaban J connectivity index is 1.00. The van der Waals surface area contributed by atoms with Crippen molar-refractivity contribution in [2.24, 2.45) is 0 Å². The molecule has 4 aliphatic heterocycles. The average Bonchev–Trinajstić information content (AvgIpc) is 3.59. The number of amides is 3. The standard InChI is InChI=1S/C24H26N4O6/c29-23(14-27-9-10-28(24(27)30)18-2-4-20-22(12-18)34-16-32-20)26-7-5-25(6-8-26)13-17-1-3-19-21(11-17)33-15-31-19/h1-4,11-12H,5-10,13-16H2. The third kappa shape index (κ3) is 3.94. The molecular formula is C24H26N4O6. The summed E-state index contributed by atoms with van der Waals surface area (Å²) in [6, 6.07) is 11.3. The maximum atomic E-state index is 12.9. The molecule has 0 N–H and O–H groups in total. The number of hydrogen-bond donors (Lipinski definition) is 0. The molecule has 0 bridgehead atoms. The van der Waals surface area contributed by atoms with Gasteiger partial charge in [-0.05, 0) is 29.8 Å². The lowest BCUT2D eigenvalue weighted by atomic mass is 10.1. The molecule has 0 aliphatic carbocycles. The van der Waals surface area contributed by atoms with E-state index in [2.05, 4.69) is 11.0 Å². The normalized spacial score (nSPS) is 19.3. The van der Waals surface area contributed by atoms with Crippen LogP contribution < -0.4 is 23.8 Å². The first-order valence-electron chi connectivity index (χ1n) is 11.5. The van der Waals surface area contributed by atoms with Crippen LogP contribution in [0.15, 0.2) is 36.4 Å². The van der Waals surface area contributed by atoms with Gasteiger partial charge in [0.2, 0.25) is 19.5 Å². The summed E-state index contributed by atoms with van der Waals surface area (Å²) in [6.07, 6.45) is 0. The van der Waals surface area contributed by atoms with Crippen LogP contribution in [-0.2, 0) is 11.3 Å². The second-order valence-corrected chi connectivity index (χ2v) is 8.74. The van der Waals surface area contributed by atoms with Gasteiger partial charge in [-0.2, -0.15) is 0 Å². The van der Waals surface area contributed by atoms with E-state index < -0.39 is 0 Å². The first kappa shape index (κ1) is 20.9. The number of anilines is 1. The predicted octanol–water partition coefficient (Wildman–Crippen LogP) is 1.73. The van der Waals surface area contributed by atoms with Gasteiger partial charge in [0.25, 0.3) is 0 Å². The average molecular weight is 466 g/mol. The fourth-order valence-corrected chi connectivity index (χ4v) is 4.74. The predicted molar refractivity (Wildman–Crippen MR) is 121 cm³/mol. The Kier molecular flexibility index (Phi) is 5.29. The third-order valence-electron chi connectivity index (χ3n) is 6.66. The van der Waals surface area contributed by atoms with Crippen molar-refractivity contribution in [1.82, 2.24) is 14.7 Å². The molecule has 4 aliphatic rings. The Bertz CT molecular complexity index is 1120. The van der Waals surface area contributed by atoms with Gasteiger partial charge in [0.1, 0.15) is 6.54 Å². The number of urea groups is 1. The first-order chi connectivity index (χ1) is 16.6. The lowest BCUT2D eigenvalue weighted by Crippen LogP contribution is -2.51. The van der Waals surface area contributed by atoms with E-state index in [4.69, 9.17) is 18.9 Å². The maximum absolute atomic E-state index is 12.9. The van der Waals surface area contributed by atoms with Gasteiger partial charge in [-0.1, -0.05) is 6.07 Å². The van der Waals surface area contributed by atoms with Crippen LogP contribution in [0.4, 0.5) is 10.5 Å². The van der Waals surface area contributed by atoms with E-state index in [1.807, 2.05) is 35.2 Å². The minimum absolute atomic E-state index is 0.0105. The molecule has 2 aromatic carbocycles. The first-order valence-corrected chi connectivity index (χ1v) is 11.5. The van der Waals surface area contributed by atoms with Crippen LogP contribution in [-0.4, -0.2) is 86.0 Å². The SMILES string of the molecule is O=C(CN1CCN(c2ccc3c(c2)OCO3)C1=O)N1CCN(Cc2ccc3c(c2)OCO3)CC1. The number of carbonyl (C=O) groups is 2. The zero-order chi connectivity index (χ0) is 23.1. The van der Waals surface area contributed by atoms with E-state index in [-0.39, 0.29) is 32.1 Å². The summed E-state index contributed by atoms with van der Waals surface area (Å²) in [5.41, 5.74) is 1.91. The Hall–Kier alpha value is -3.66. The quantitative estimate of drug-likeness (QED) is 0.664. The Morgan fingerprint density at radius 1 is 0.765 bits per heavy atom. The van der Waals surface area contributed by atoms with Crippen molar-refractivity contribution in [2.75, 3.05) is 64.3 Å². The molecule has 0 spiro atoms. The van der Waals surface area contributed by atoms with Gasteiger partial charge in [0.05, 0.1) is 0 Å². The molecule has 4 heterocycles. The molecule has 2 fully saturated rings. The summed E-state index contributed by atoms with van der Waals surface area (Å²) in [5, 5.41) is 0. The smallest absolute Gasteiger partial charge is 0.325 e. The highest BCUT2D eigenvalue weighted by atomic mass is 16.7. The number of carbonyl (C=O) groups excluding carboxylic acids is 2. The van der Waals surface area contributed by atoms with Gasteiger partial charge in [-0.15, -0.1) is 0 Å². The van der Waals surface area contributed by atoms with E-state index in [0.717, 1.165) is 42.4 Å². The number of piperazine rings is 1. The van der Waals surface area contributed by atoms with Crippen LogP contribution in [0.25, 0.3) is 0 Å². The monoisotopic (exact) mass is 466 g/mol. The van der Waals surface area contributed by atoms with E-state index >= 15 is 0 Å². The number of nitrogens with zero attached hydrogens (tertiary/aromatic N) is 4. The fraction of sp³-hybridized carbons (Fsp3) is 0.417. The van der Waals surface area contributed by atoms with Gasteiger partial charge >= 0.3 is 6.03 Å². The molecule has 0 saturated carbocycles. The molecule has 10 nitrogen and oxygen atoms in total. The van der Waals surface area contributed by atoms with E-state index in [1.54, 1.807) is 9.80 Å². The Morgan fingerprint density at radius 2 is 1.44 bits per heavy atom. The molecular weight excluding hydrogens is 440 g/mol. The Labute approximate surface area is 197 Å². The topological polar surface area (TPSA) is 84.0 Å². The summed E-state index contributed by atoms with van der Waals surface area (Å²) < 4.78 is 21.6. The molecule has 0 unspecified atom stereocenters. The van der Waals surface area contributed by atoms with Crippen LogP contribution in [0.5, 0.6) is 23.0 Å². The molecule has 178 valence electrons. The summed E-state index contributed by atoms with van der Waals surface area (Å²) in [5.74, 6) is 2.88. The van der Waals surface area contributed by atoms with Gasteiger partial charge in [0, 0.05) is 57.6 Å². The van der Waals surface area contributed by atoms with Gasteiger partial charge in [0.15, 0.2) is 23.0 Å². The van der Waals surface area contributed by atoms with Crippen LogP contribution in [0.2, 0.25) is 0 Å². The number of rotatable bonds is 5. The van der Waals surface area contributed by atoms with Crippen LogP contribution >= 0.6 is 0 Å². The van der Waals surface area contributed by atoms with Crippen molar-refractivity contribution in [2.45, 2.75) is 6.54 Å². The zero-order valence-electron chi connectivity index (χ0n) is 18.8. The van der Waals surface area contributed by atoms with Gasteiger partial charge < -0.3 is 28.7 Å². The molecule has 34 heavy (non-hydrogen) atoms. The summed E-state index contributed by atoms with van der Waals surface area (Å²) in [7, 11) is 0. The summed E-state index contributed by atoms with van der Waals surface area (Å²) in [6.45, 7) is 5.29. The molecule has 0 atom stereocenters. The fourth-order valence-electron chi connectivity index (χ4n) is 4.74. The van der Waals surface area contributed by atoms with Crippen molar-refractivity contribution in [3.05, 3.63) is 42.0 Å². The number of fused-ring (bicyclic) bond motifs is 2. The molecule has 6 rings (SSSR count). The van der Waals surface area contributed by atoms with Crippen molar-refractivity contribution in [3.63, 3.8) is 0 Å². The Morgan fingerprint density at radius 3 is 2.21 bits per heavy atom. The molecule has 2 aromatic rings. The second-order valence-electron chi connectivity index (χ2n) is 8.74. The molecule has 3 amide bonds. The molecule has 10 heteroatoms. The van der Waals surface area contributed by atoms with E-state index in [0.29, 0.717) is 37.7 Å².